The van der Waals surface area contributed by atoms with Gasteiger partial charge < -0.3 is 5.32 Å². The van der Waals surface area contributed by atoms with Gasteiger partial charge in [-0.05, 0) is 56.3 Å². The van der Waals surface area contributed by atoms with Gasteiger partial charge in [0.15, 0.2) is 11.8 Å². The number of imide groups is 1. The van der Waals surface area contributed by atoms with E-state index in [1.165, 1.54) is 23.1 Å². The van der Waals surface area contributed by atoms with Gasteiger partial charge in [-0.2, -0.15) is 0 Å². The van der Waals surface area contributed by atoms with E-state index in [0.717, 1.165) is 4.90 Å². The molecule has 0 spiro atoms. The average molecular weight is 525 g/mol. The van der Waals surface area contributed by atoms with Crippen LogP contribution < -0.4 is 10.2 Å². The van der Waals surface area contributed by atoms with Crippen LogP contribution in [-0.4, -0.2) is 40.1 Å². The van der Waals surface area contributed by atoms with Gasteiger partial charge in [0, 0.05) is 21.1 Å². The summed E-state index contributed by atoms with van der Waals surface area (Å²) in [7, 11) is 0. The van der Waals surface area contributed by atoms with Gasteiger partial charge in [-0.1, -0.05) is 55.6 Å². The molecule has 0 bridgehead atoms. The van der Waals surface area contributed by atoms with E-state index in [9.17, 15) is 19.2 Å². The lowest BCUT2D eigenvalue weighted by Gasteiger charge is -2.29. The topological polar surface area (TPSA) is 86.8 Å². The SMILES string of the molecule is CC(C)(C)C(=O)C(C(=O)Nc1cc(Cl)ccc1Cl)N1C(=O)N(c2ccc(Cl)cc2)C(C)(C)C1=O. The minimum atomic E-state index is -1.73. The van der Waals surface area contributed by atoms with Crippen molar-refractivity contribution in [2.45, 2.75) is 46.2 Å². The molecule has 2 aromatic carbocycles. The highest BCUT2D eigenvalue weighted by Gasteiger charge is 2.57. The molecule has 0 aromatic heterocycles. The van der Waals surface area contributed by atoms with Gasteiger partial charge in [-0.15, -0.1) is 0 Å². The number of Topliss-reactive ketones (excluding diaryl/α,β-unsaturated/α-hetero) is 1. The molecule has 10 heteroatoms. The average Bonchev–Trinajstić information content (AvgIpc) is 2.90. The minimum absolute atomic E-state index is 0.152. The first kappa shape index (κ1) is 26.0. The number of nitrogens with one attached hydrogen (secondary N) is 1. The number of anilines is 2. The highest BCUT2D eigenvalue weighted by molar-refractivity contribution is 6.36. The molecule has 1 aliphatic rings. The second kappa shape index (κ2) is 9.21. The maximum atomic E-state index is 13.6. The Hall–Kier alpha value is -2.61. The van der Waals surface area contributed by atoms with E-state index in [1.54, 1.807) is 58.9 Å². The number of carbonyl (C=O) groups excluding carboxylic acids is 4. The molecule has 1 saturated heterocycles. The van der Waals surface area contributed by atoms with Crippen LogP contribution in [0.25, 0.3) is 0 Å². The van der Waals surface area contributed by atoms with Crippen LogP contribution in [0.4, 0.5) is 16.2 Å². The summed E-state index contributed by atoms with van der Waals surface area (Å²) in [5.74, 6) is -2.18. The molecule has 180 valence electrons. The third kappa shape index (κ3) is 4.78. The zero-order valence-electron chi connectivity index (χ0n) is 19.3. The second-order valence-electron chi connectivity index (χ2n) is 9.46. The molecule has 0 saturated carbocycles. The maximum Gasteiger partial charge on any atom is 0.333 e. The number of carbonyl (C=O) groups is 4. The summed E-state index contributed by atoms with van der Waals surface area (Å²) in [6.45, 7) is 7.91. The van der Waals surface area contributed by atoms with Gasteiger partial charge in [-0.25, -0.2) is 9.69 Å². The zero-order chi connectivity index (χ0) is 25.6. The third-order valence-corrected chi connectivity index (χ3v) is 6.28. The maximum absolute atomic E-state index is 13.6. The van der Waals surface area contributed by atoms with E-state index < -0.39 is 40.6 Å². The fourth-order valence-electron chi connectivity index (χ4n) is 3.63. The highest BCUT2D eigenvalue weighted by atomic mass is 35.5. The highest BCUT2D eigenvalue weighted by Crippen LogP contribution is 2.37. The summed E-state index contributed by atoms with van der Waals surface area (Å²) in [6, 6.07) is 8.25. The summed E-state index contributed by atoms with van der Waals surface area (Å²) in [4.78, 5) is 55.9. The molecule has 1 unspecified atom stereocenters. The Bertz CT molecular complexity index is 1170. The van der Waals surface area contributed by atoms with E-state index in [0.29, 0.717) is 15.7 Å². The van der Waals surface area contributed by atoms with Crippen molar-refractivity contribution in [1.82, 2.24) is 4.90 Å². The van der Waals surface area contributed by atoms with Crippen LogP contribution >= 0.6 is 34.8 Å². The van der Waals surface area contributed by atoms with Crippen LogP contribution in [0, 0.1) is 5.41 Å². The Labute approximate surface area is 212 Å². The zero-order valence-corrected chi connectivity index (χ0v) is 21.5. The molecule has 0 radical (unpaired) electrons. The molecule has 1 aliphatic heterocycles. The largest absolute Gasteiger partial charge is 0.333 e. The molecular weight excluding hydrogens is 501 g/mol. The smallest absolute Gasteiger partial charge is 0.322 e. The van der Waals surface area contributed by atoms with Crippen molar-refractivity contribution < 1.29 is 19.2 Å². The Morgan fingerprint density at radius 3 is 2.06 bits per heavy atom. The molecule has 1 atom stereocenters. The van der Waals surface area contributed by atoms with Crippen LogP contribution in [0.2, 0.25) is 15.1 Å². The monoisotopic (exact) mass is 523 g/mol. The van der Waals surface area contributed by atoms with Crippen LogP contribution in [0.15, 0.2) is 42.5 Å². The molecule has 34 heavy (non-hydrogen) atoms. The number of rotatable bonds is 5. The van der Waals surface area contributed by atoms with E-state index in [1.807, 2.05) is 0 Å². The molecule has 0 aliphatic carbocycles. The normalized spacial score (nSPS) is 16.6. The number of nitrogens with zero attached hydrogens (tertiary/aromatic N) is 2. The number of halogens is 3. The van der Waals surface area contributed by atoms with Crippen molar-refractivity contribution in [3.63, 3.8) is 0 Å². The molecule has 7 nitrogen and oxygen atoms in total. The second-order valence-corrected chi connectivity index (χ2v) is 10.7. The first-order valence-corrected chi connectivity index (χ1v) is 11.5. The fourth-order valence-corrected chi connectivity index (χ4v) is 4.10. The Kier molecular flexibility index (Phi) is 7.04. The molecule has 1 fully saturated rings. The minimum Gasteiger partial charge on any atom is -0.322 e. The van der Waals surface area contributed by atoms with Gasteiger partial charge in [0.1, 0.15) is 5.54 Å². The molecule has 3 rings (SSSR count). The fraction of sp³-hybridized carbons (Fsp3) is 0.333. The summed E-state index contributed by atoms with van der Waals surface area (Å²) in [5, 5.41) is 3.50. The van der Waals surface area contributed by atoms with E-state index in [-0.39, 0.29) is 10.7 Å². The lowest BCUT2D eigenvalue weighted by molar-refractivity contribution is -0.144. The number of hydrogen-bond acceptors (Lipinski definition) is 4. The quantitative estimate of drug-likeness (QED) is 0.395. The van der Waals surface area contributed by atoms with Crippen LogP contribution in [0.5, 0.6) is 0 Å². The van der Waals surface area contributed by atoms with Gasteiger partial charge >= 0.3 is 6.03 Å². The van der Waals surface area contributed by atoms with E-state index in [2.05, 4.69) is 5.32 Å². The number of urea groups is 1. The Morgan fingerprint density at radius 1 is 0.941 bits per heavy atom. The third-order valence-electron chi connectivity index (χ3n) is 5.46. The molecule has 2 aromatic rings. The Morgan fingerprint density at radius 2 is 1.50 bits per heavy atom. The van der Waals surface area contributed by atoms with Gasteiger partial charge in [0.05, 0.1) is 10.7 Å². The van der Waals surface area contributed by atoms with Crippen molar-refractivity contribution in [3.8, 4) is 0 Å². The lowest BCUT2D eigenvalue weighted by atomic mass is 9.85. The number of ketones is 1. The predicted molar refractivity (Wildman–Crippen MR) is 134 cm³/mol. The molecule has 1 heterocycles. The summed E-state index contributed by atoms with van der Waals surface area (Å²) in [6.07, 6.45) is 0. The molecular formula is C24H24Cl3N3O4. The van der Waals surface area contributed by atoms with E-state index >= 15 is 0 Å². The van der Waals surface area contributed by atoms with Crippen molar-refractivity contribution in [2.75, 3.05) is 10.2 Å². The number of benzene rings is 2. The van der Waals surface area contributed by atoms with Gasteiger partial charge in [0.2, 0.25) is 0 Å². The van der Waals surface area contributed by atoms with Crippen molar-refractivity contribution in [3.05, 3.63) is 57.5 Å². The predicted octanol–water partition coefficient (Wildman–Crippen LogP) is 5.82. The summed E-state index contributed by atoms with van der Waals surface area (Å²) >= 11 is 18.1. The summed E-state index contributed by atoms with van der Waals surface area (Å²) in [5.41, 5.74) is -1.86. The van der Waals surface area contributed by atoms with Crippen LogP contribution in [0.3, 0.4) is 0 Å². The van der Waals surface area contributed by atoms with Crippen LogP contribution in [-0.2, 0) is 14.4 Å². The molecule has 1 N–H and O–H groups in total. The van der Waals surface area contributed by atoms with Crippen molar-refractivity contribution >= 4 is 69.8 Å². The van der Waals surface area contributed by atoms with Crippen molar-refractivity contribution in [2.24, 2.45) is 5.41 Å². The lowest BCUT2D eigenvalue weighted by Crippen LogP contribution is -2.55. The number of hydrogen-bond donors (Lipinski definition) is 1. The first-order chi connectivity index (χ1) is 15.7. The van der Waals surface area contributed by atoms with Crippen molar-refractivity contribution in [1.29, 1.82) is 0 Å². The first-order valence-electron chi connectivity index (χ1n) is 10.4. The Balaban J connectivity index is 2.08. The number of amides is 4. The van der Waals surface area contributed by atoms with Gasteiger partial charge in [0.25, 0.3) is 11.8 Å². The van der Waals surface area contributed by atoms with E-state index in [4.69, 9.17) is 34.8 Å². The standard InChI is InChI=1S/C24H24Cl3N3O4/c1-23(2,3)19(31)18(20(32)28-17-12-14(26)8-11-16(17)27)29-21(33)24(4,5)30(22(29)34)15-9-6-13(25)7-10-15/h6-12,18H,1-5H3,(H,28,32). The van der Waals surface area contributed by atoms with Crippen LogP contribution in [0.1, 0.15) is 34.6 Å². The van der Waals surface area contributed by atoms with Gasteiger partial charge in [-0.3, -0.25) is 19.3 Å². The molecule has 4 amide bonds. The summed E-state index contributed by atoms with van der Waals surface area (Å²) < 4.78 is 0.